The summed E-state index contributed by atoms with van der Waals surface area (Å²) in [5.74, 6) is 2.14. The summed E-state index contributed by atoms with van der Waals surface area (Å²) >= 11 is 0. The van der Waals surface area contributed by atoms with E-state index in [2.05, 4.69) is 15.2 Å². The molecule has 3 aromatic carbocycles. The smallest absolute Gasteiger partial charge is 0.248 e. The van der Waals surface area contributed by atoms with E-state index < -0.39 is 0 Å². The monoisotopic (exact) mass is 395 g/mol. The van der Waals surface area contributed by atoms with Crippen molar-refractivity contribution in [2.75, 3.05) is 0 Å². The quantitative estimate of drug-likeness (QED) is 0.439. The van der Waals surface area contributed by atoms with E-state index in [0.717, 1.165) is 33.6 Å². The standard InChI is InChI=1S/C24H17N3O3/c28-15-16-6-8-19(9-7-16)23-26-27-24(30-23)20-12-10-18(11-13-20)22-25-14-21(29-22)17-4-2-1-3-5-17/h1-14,28H,15H2. The van der Waals surface area contributed by atoms with Crippen LogP contribution in [0.3, 0.4) is 0 Å². The Morgan fingerprint density at radius 3 is 1.77 bits per heavy atom. The van der Waals surface area contributed by atoms with Gasteiger partial charge in [0.1, 0.15) is 0 Å². The molecule has 0 atom stereocenters. The van der Waals surface area contributed by atoms with Crippen molar-refractivity contribution in [1.29, 1.82) is 0 Å². The van der Waals surface area contributed by atoms with Gasteiger partial charge < -0.3 is 13.9 Å². The predicted molar refractivity (Wildman–Crippen MR) is 112 cm³/mol. The first-order valence-electron chi connectivity index (χ1n) is 9.46. The Hall–Kier alpha value is -4.03. The highest BCUT2D eigenvalue weighted by atomic mass is 16.4. The van der Waals surface area contributed by atoms with Crippen LogP contribution in [-0.2, 0) is 6.61 Å². The predicted octanol–water partition coefficient (Wildman–Crippen LogP) is 5.22. The molecule has 0 radical (unpaired) electrons. The number of oxazole rings is 1. The molecule has 146 valence electrons. The lowest BCUT2D eigenvalue weighted by Gasteiger charge is -1.99. The van der Waals surface area contributed by atoms with Gasteiger partial charge in [-0.15, -0.1) is 10.2 Å². The first kappa shape index (κ1) is 18.0. The average Bonchev–Trinajstić information content (AvgIpc) is 3.50. The number of hydrogen-bond donors (Lipinski definition) is 1. The SMILES string of the molecule is OCc1ccc(-c2nnc(-c3ccc(-c4ncc(-c5ccccc5)o4)cc3)o2)cc1. The van der Waals surface area contributed by atoms with Gasteiger partial charge in [-0.3, -0.25) is 0 Å². The summed E-state index contributed by atoms with van der Waals surface area (Å²) in [5.41, 5.74) is 4.28. The van der Waals surface area contributed by atoms with Crippen LogP contribution in [0.2, 0.25) is 0 Å². The Kier molecular flexibility index (Phi) is 4.67. The van der Waals surface area contributed by atoms with Gasteiger partial charge in [0.15, 0.2) is 5.76 Å². The minimum Gasteiger partial charge on any atom is -0.436 e. The molecule has 6 heteroatoms. The van der Waals surface area contributed by atoms with Crippen molar-refractivity contribution in [3.8, 4) is 45.7 Å². The molecule has 0 aliphatic rings. The molecule has 0 aliphatic heterocycles. The number of benzene rings is 3. The molecule has 0 aliphatic carbocycles. The van der Waals surface area contributed by atoms with E-state index in [1.165, 1.54) is 0 Å². The van der Waals surface area contributed by atoms with Gasteiger partial charge in [-0.25, -0.2) is 4.98 Å². The van der Waals surface area contributed by atoms with Crippen LogP contribution in [0.4, 0.5) is 0 Å². The Bertz CT molecular complexity index is 1260. The number of aromatic nitrogens is 3. The number of hydrogen-bond acceptors (Lipinski definition) is 6. The first-order valence-corrected chi connectivity index (χ1v) is 9.46. The number of nitrogens with zero attached hydrogens (tertiary/aromatic N) is 3. The van der Waals surface area contributed by atoms with Crippen LogP contribution in [0.5, 0.6) is 0 Å². The van der Waals surface area contributed by atoms with Gasteiger partial charge in [0, 0.05) is 22.3 Å². The molecule has 0 fully saturated rings. The second-order valence-electron chi connectivity index (χ2n) is 6.74. The average molecular weight is 395 g/mol. The van der Waals surface area contributed by atoms with Crippen LogP contribution in [0.15, 0.2) is 93.9 Å². The van der Waals surface area contributed by atoms with Gasteiger partial charge >= 0.3 is 0 Å². The van der Waals surface area contributed by atoms with Crippen LogP contribution in [-0.4, -0.2) is 20.3 Å². The Morgan fingerprint density at radius 2 is 1.17 bits per heavy atom. The number of rotatable bonds is 5. The fraction of sp³-hybridized carbons (Fsp3) is 0.0417. The van der Waals surface area contributed by atoms with Gasteiger partial charge in [-0.2, -0.15) is 0 Å². The molecule has 0 amide bonds. The van der Waals surface area contributed by atoms with Crippen LogP contribution in [0.25, 0.3) is 45.7 Å². The first-order chi connectivity index (χ1) is 14.8. The maximum Gasteiger partial charge on any atom is 0.248 e. The molecule has 2 aromatic heterocycles. The fourth-order valence-corrected chi connectivity index (χ4v) is 3.11. The molecule has 0 saturated carbocycles. The maximum absolute atomic E-state index is 9.15. The van der Waals surface area contributed by atoms with E-state index in [-0.39, 0.29) is 6.61 Å². The van der Waals surface area contributed by atoms with Crippen molar-refractivity contribution in [2.24, 2.45) is 0 Å². The molecule has 1 N–H and O–H groups in total. The molecule has 30 heavy (non-hydrogen) atoms. The van der Waals surface area contributed by atoms with Crippen molar-refractivity contribution in [1.82, 2.24) is 15.2 Å². The minimum atomic E-state index is -0.000913. The molecule has 0 unspecified atom stereocenters. The fourth-order valence-electron chi connectivity index (χ4n) is 3.11. The summed E-state index contributed by atoms with van der Waals surface area (Å²) in [4.78, 5) is 4.39. The third-order valence-corrected chi connectivity index (χ3v) is 4.75. The van der Waals surface area contributed by atoms with E-state index in [4.69, 9.17) is 13.9 Å². The molecule has 0 spiro atoms. The van der Waals surface area contributed by atoms with Crippen molar-refractivity contribution in [3.63, 3.8) is 0 Å². The molecule has 5 rings (SSSR count). The van der Waals surface area contributed by atoms with Crippen molar-refractivity contribution in [3.05, 3.63) is 90.6 Å². The highest BCUT2D eigenvalue weighted by molar-refractivity contribution is 5.65. The Morgan fingerprint density at radius 1 is 0.600 bits per heavy atom. The molecule has 2 heterocycles. The topological polar surface area (TPSA) is 85.2 Å². The zero-order chi connectivity index (χ0) is 20.3. The molecule has 0 bridgehead atoms. The lowest BCUT2D eigenvalue weighted by atomic mass is 10.1. The largest absolute Gasteiger partial charge is 0.436 e. The minimum absolute atomic E-state index is 0.000913. The zero-order valence-corrected chi connectivity index (χ0v) is 15.9. The zero-order valence-electron chi connectivity index (χ0n) is 15.9. The second kappa shape index (κ2) is 7.77. The number of aliphatic hydroxyl groups excluding tert-OH is 1. The van der Waals surface area contributed by atoms with Crippen molar-refractivity contribution in [2.45, 2.75) is 6.61 Å². The molecular formula is C24H17N3O3. The highest BCUT2D eigenvalue weighted by Gasteiger charge is 2.12. The van der Waals surface area contributed by atoms with Crippen LogP contribution < -0.4 is 0 Å². The molecule has 5 aromatic rings. The second-order valence-corrected chi connectivity index (χ2v) is 6.74. The summed E-state index contributed by atoms with van der Waals surface area (Å²) in [5, 5.41) is 17.4. The Labute approximate surface area is 172 Å². The van der Waals surface area contributed by atoms with E-state index in [9.17, 15) is 0 Å². The Balaban J connectivity index is 1.37. The van der Waals surface area contributed by atoms with Crippen LogP contribution in [0.1, 0.15) is 5.56 Å². The summed E-state index contributed by atoms with van der Waals surface area (Å²) in [7, 11) is 0. The van der Waals surface area contributed by atoms with E-state index in [1.807, 2.05) is 78.9 Å². The normalized spacial score (nSPS) is 11.0. The van der Waals surface area contributed by atoms with E-state index in [0.29, 0.717) is 17.7 Å². The van der Waals surface area contributed by atoms with Gasteiger partial charge in [0.05, 0.1) is 12.8 Å². The third-order valence-electron chi connectivity index (χ3n) is 4.75. The van der Waals surface area contributed by atoms with E-state index in [1.54, 1.807) is 6.20 Å². The van der Waals surface area contributed by atoms with Gasteiger partial charge in [0.2, 0.25) is 17.7 Å². The molecular weight excluding hydrogens is 378 g/mol. The van der Waals surface area contributed by atoms with Crippen LogP contribution >= 0.6 is 0 Å². The summed E-state index contributed by atoms with van der Waals surface area (Å²) in [6.07, 6.45) is 1.73. The van der Waals surface area contributed by atoms with Crippen molar-refractivity contribution < 1.29 is 13.9 Å². The van der Waals surface area contributed by atoms with Crippen molar-refractivity contribution >= 4 is 0 Å². The molecule has 0 saturated heterocycles. The third kappa shape index (κ3) is 3.52. The highest BCUT2D eigenvalue weighted by Crippen LogP contribution is 2.29. The lowest BCUT2D eigenvalue weighted by Crippen LogP contribution is -1.83. The van der Waals surface area contributed by atoms with Crippen LogP contribution in [0, 0.1) is 0 Å². The molecule has 6 nitrogen and oxygen atoms in total. The summed E-state index contributed by atoms with van der Waals surface area (Å²) < 4.78 is 11.7. The lowest BCUT2D eigenvalue weighted by molar-refractivity contribution is 0.282. The van der Waals surface area contributed by atoms with Gasteiger partial charge in [-0.05, 0) is 42.0 Å². The summed E-state index contributed by atoms with van der Waals surface area (Å²) in [6, 6.07) is 24.8. The van der Waals surface area contributed by atoms with Gasteiger partial charge in [0.25, 0.3) is 0 Å². The number of aliphatic hydroxyl groups is 1. The van der Waals surface area contributed by atoms with Gasteiger partial charge in [-0.1, -0.05) is 42.5 Å². The maximum atomic E-state index is 9.15. The summed E-state index contributed by atoms with van der Waals surface area (Å²) in [6.45, 7) is -0.000913. The van der Waals surface area contributed by atoms with E-state index >= 15 is 0 Å².